The molecule has 34 heavy (non-hydrogen) atoms. The first-order valence-electron chi connectivity index (χ1n) is 10.6. The third-order valence-corrected chi connectivity index (χ3v) is 7.05. The Balaban J connectivity index is 0.00000217. The number of anilines is 2. The van der Waals surface area contributed by atoms with Crippen LogP contribution in [-0.4, -0.2) is 40.7 Å². The number of nitrogens with two attached hydrogens (primary N) is 1. The van der Waals surface area contributed by atoms with E-state index in [4.69, 9.17) is 22.4 Å². The van der Waals surface area contributed by atoms with E-state index in [1.807, 2.05) is 30.3 Å². The van der Waals surface area contributed by atoms with Crippen LogP contribution in [0.2, 0.25) is 5.02 Å². The zero-order chi connectivity index (χ0) is 22.3. The summed E-state index contributed by atoms with van der Waals surface area (Å²) in [6, 6.07) is 11.0. The summed E-state index contributed by atoms with van der Waals surface area (Å²) in [6.45, 7) is 0.789. The van der Waals surface area contributed by atoms with E-state index in [0.29, 0.717) is 33.3 Å². The largest absolute Gasteiger partial charge is 0.368 e. The van der Waals surface area contributed by atoms with E-state index in [2.05, 4.69) is 24.8 Å². The smallest absolute Gasteiger partial charge is 0.284 e. The minimum atomic E-state index is -0.210. The fourth-order valence-corrected chi connectivity index (χ4v) is 5.25. The topological polar surface area (TPSA) is 123 Å². The van der Waals surface area contributed by atoms with Crippen LogP contribution >= 0.6 is 25.1 Å². The lowest BCUT2D eigenvalue weighted by atomic mass is 9.84. The second-order valence-electron chi connectivity index (χ2n) is 8.69. The number of nitrogens with one attached hydrogen (secondary N) is 1. The molecular formula is C22H20ClN9OS. The van der Waals surface area contributed by atoms with Crippen molar-refractivity contribution in [2.75, 3.05) is 17.2 Å². The molecule has 5 aromatic rings. The van der Waals surface area contributed by atoms with Crippen molar-refractivity contribution in [2.45, 2.75) is 18.9 Å². The summed E-state index contributed by atoms with van der Waals surface area (Å²) in [7, 11) is 0. The van der Waals surface area contributed by atoms with Gasteiger partial charge >= 0.3 is 0 Å². The number of rotatable bonds is 3. The Labute approximate surface area is 204 Å². The molecule has 7 rings (SSSR count). The highest BCUT2D eigenvalue weighted by molar-refractivity contribution is 7.59. The number of imidazole rings is 1. The Kier molecular flexibility index (Phi) is 4.45. The van der Waals surface area contributed by atoms with Crippen molar-refractivity contribution in [3.8, 4) is 5.69 Å². The molecule has 1 aromatic carbocycles. The maximum atomic E-state index is 13.7. The lowest BCUT2D eigenvalue weighted by Gasteiger charge is -2.49. The molecular weight excluding hydrogens is 474 g/mol. The molecule has 1 spiro atoms. The third-order valence-electron chi connectivity index (χ3n) is 6.75. The predicted octanol–water partition coefficient (Wildman–Crippen LogP) is 2.84. The molecule has 3 N–H and O–H groups in total. The van der Waals surface area contributed by atoms with Gasteiger partial charge in [0.25, 0.3) is 5.56 Å². The number of benzene rings is 1. The van der Waals surface area contributed by atoms with Gasteiger partial charge in [-0.15, -0.1) is 0 Å². The minimum Gasteiger partial charge on any atom is -0.368 e. The van der Waals surface area contributed by atoms with Gasteiger partial charge in [-0.05, 0) is 31.0 Å². The standard InChI is InChI=1S/C22H18ClN9O.H2S/c23-13-6-9-31-15(13)20(33)32(12-4-2-1-3-5-12)19(29-31)16-22(7-8-22)10-30(16)18-14-17(26-11-25-14)27-21(24)28-18;/h1-6,9,11,16H,7-8,10H2,(H3,24,25,26,27,28);1H2/t16-;/m1./s1. The molecule has 12 heteroatoms. The Morgan fingerprint density at radius 2 is 1.94 bits per heavy atom. The van der Waals surface area contributed by atoms with Crippen molar-refractivity contribution in [1.82, 2.24) is 34.1 Å². The van der Waals surface area contributed by atoms with Gasteiger partial charge in [0.2, 0.25) is 5.95 Å². The molecule has 1 saturated heterocycles. The average Bonchev–Trinajstić information content (AvgIpc) is 3.33. The highest BCUT2D eigenvalue weighted by Crippen LogP contribution is 2.65. The van der Waals surface area contributed by atoms with Crippen molar-refractivity contribution in [2.24, 2.45) is 5.41 Å². The molecule has 2 fully saturated rings. The molecule has 0 unspecified atom stereocenters. The van der Waals surface area contributed by atoms with Crippen LogP contribution in [0.1, 0.15) is 24.7 Å². The second-order valence-corrected chi connectivity index (χ2v) is 9.10. The van der Waals surface area contributed by atoms with Crippen LogP contribution in [0.15, 0.2) is 53.7 Å². The van der Waals surface area contributed by atoms with Gasteiger partial charge in [0.15, 0.2) is 17.3 Å². The molecule has 0 bridgehead atoms. The van der Waals surface area contributed by atoms with Crippen LogP contribution in [0.25, 0.3) is 22.4 Å². The van der Waals surface area contributed by atoms with Gasteiger partial charge in [0.1, 0.15) is 11.0 Å². The maximum absolute atomic E-state index is 13.7. The van der Waals surface area contributed by atoms with Gasteiger partial charge in [0, 0.05) is 18.2 Å². The first kappa shape index (κ1) is 21.0. The number of para-hydroxylation sites is 1. The maximum Gasteiger partial charge on any atom is 0.284 e. The van der Waals surface area contributed by atoms with Gasteiger partial charge in [-0.2, -0.15) is 28.6 Å². The number of fused-ring (bicyclic) bond motifs is 2. The number of hydrogen-bond acceptors (Lipinski definition) is 7. The van der Waals surface area contributed by atoms with E-state index in [1.165, 1.54) is 0 Å². The molecule has 1 aliphatic carbocycles. The number of nitrogen functional groups attached to an aromatic ring is 1. The van der Waals surface area contributed by atoms with Gasteiger partial charge < -0.3 is 15.6 Å². The predicted molar refractivity (Wildman–Crippen MR) is 134 cm³/mol. The fraction of sp³-hybridized carbons (Fsp3) is 0.227. The number of nitrogens with zero attached hydrogens (tertiary/aromatic N) is 7. The van der Waals surface area contributed by atoms with Crippen molar-refractivity contribution in [3.63, 3.8) is 0 Å². The van der Waals surface area contributed by atoms with Gasteiger partial charge in [0.05, 0.1) is 23.1 Å². The Morgan fingerprint density at radius 3 is 2.71 bits per heavy atom. The van der Waals surface area contributed by atoms with Gasteiger partial charge in [-0.3, -0.25) is 9.36 Å². The minimum absolute atomic E-state index is 0. The molecule has 5 heterocycles. The summed E-state index contributed by atoms with van der Waals surface area (Å²) < 4.78 is 3.25. The number of H-pyrrole nitrogens is 1. The van der Waals surface area contributed by atoms with Crippen LogP contribution in [0.5, 0.6) is 0 Å². The van der Waals surface area contributed by atoms with E-state index >= 15 is 0 Å². The SMILES string of the molecule is Nc1nc(N2CC3(CC3)[C@H]2c2nn3ccc(Cl)c3c(=O)n2-c2ccccc2)c2[nH]cnc2n1.S. The van der Waals surface area contributed by atoms with E-state index in [9.17, 15) is 4.79 Å². The van der Waals surface area contributed by atoms with E-state index in [-0.39, 0.29) is 36.5 Å². The van der Waals surface area contributed by atoms with Crippen LogP contribution in [-0.2, 0) is 0 Å². The zero-order valence-corrected chi connectivity index (χ0v) is 19.6. The normalized spacial score (nSPS) is 18.3. The van der Waals surface area contributed by atoms with Gasteiger partial charge in [-0.1, -0.05) is 29.8 Å². The average molecular weight is 494 g/mol. The molecule has 0 radical (unpaired) electrons. The number of aromatic amines is 1. The molecule has 1 aliphatic heterocycles. The number of halogens is 1. The summed E-state index contributed by atoms with van der Waals surface area (Å²) in [5, 5.41) is 5.28. The molecule has 10 nitrogen and oxygen atoms in total. The van der Waals surface area contributed by atoms with E-state index in [1.54, 1.807) is 27.7 Å². The quantitative estimate of drug-likeness (QED) is 0.396. The zero-order valence-electron chi connectivity index (χ0n) is 17.8. The Hall–Kier alpha value is -3.57. The summed E-state index contributed by atoms with van der Waals surface area (Å²) >= 11 is 6.35. The van der Waals surface area contributed by atoms with Crippen molar-refractivity contribution in [3.05, 3.63) is 70.1 Å². The van der Waals surface area contributed by atoms with E-state index in [0.717, 1.165) is 25.1 Å². The molecule has 2 aliphatic rings. The third kappa shape index (κ3) is 2.80. The Morgan fingerprint density at radius 1 is 1.15 bits per heavy atom. The molecule has 0 amide bonds. The van der Waals surface area contributed by atoms with Crippen LogP contribution < -0.4 is 16.2 Å². The first-order chi connectivity index (χ1) is 16.1. The number of hydrogen-bond donors (Lipinski definition) is 2. The van der Waals surface area contributed by atoms with Gasteiger partial charge in [-0.25, -0.2) is 9.50 Å². The lowest BCUT2D eigenvalue weighted by Crippen LogP contribution is -2.54. The molecule has 1 saturated carbocycles. The van der Waals surface area contributed by atoms with Crippen molar-refractivity contribution < 1.29 is 0 Å². The van der Waals surface area contributed by atoms with Crippen LogP contribution in [0.3, 0.4) is 0 Å². The monoisotopic (exact) mass is 493 g/mol. The summed E-state index contributed by atoms with van der Waals surface area (Å²) in [4.78, 5) is 32.0. The molecule has 4 aromatic heterocycles. The van der Waals surface area contributed by atoms with Crippen LogP contribution in [0, 0.1) is 5.41 Å². The van der Waals surface area contributed by atoms with Crippen LogP contribution in [0.4, 0.5) is 11.8 Å². The summed E-state index contributed by atoms with van der Waals surface area (Å²) in [5.74, 6) is 1.46. The first-order valence-corrected chi connectivity index (χ1v) is 11.0. The lowest BCUT2D eigenvalue weighted by molar-refractivity contribution is 0.252. The van der Waals surface area contributed by atoms with Crippen molar-refractivity contribution >= 4 is 53.5 Å². The molecule has 172 valence electrons. The summed E-state index contributed by atoms with van der Waals surface area (Å²) in [5.41, 5.74) is 8.13. The second kappa shape index (κ2) is 7.21. The fourth-order valence-electron chi connectivity index (χ4n) is 5.03. The highest BCUT2D eigenvalue weighted by atomic mass is 35.5. The highest BCUT2D eigenvalue weighted by Gasteiger charge is 2.63. The van der Waals surface area contributed by atoms with E-state index < -0.39 is 0 Å². The number of aromatic nitrogens is 7. The molecule has 1 atom stereocenters. The van der Waals surface area contributed by atoms with Crippen molar-refractivity contribution in [1.29, 1.82) is 0 Å². The Bertz CT molecular complexity index is 1620. The summed E-state index contributed by atoms with van der Waals surface area (Å²) in [6.07, 6.45) is 5.40.